The minimum atomic E-state index is -0.130. The maximum atomic E-state index is 6.58. The van der Waals surface area contributed by atoms with Gasteiger partial charge in [-0.05, 0) is 35.8 Å². The molecule has 0 N–H and O–H groups in total. The zero-order valence-corrected chi connectivity index (χ0v) is 15.3. The minimum absolute atomic E-state index is 0.130. The molecule has 1 aromatic carbocycles. The highest BCUT2D eigenvalue weighted by Gasteiger charge is 2.22. The molecule has 4 heteroatoms. The third-order valence-corrected chi connectivity index (χ3v) is 4.15. The first-order valence-electron chi connectivity index (χ1n) is 7.23. The van der Waals surface area contributed by atoms with Crippen molar-refractivity contribution >= 4 is 23.2 Å². The molecule has 2 unspecified atom stereocenters. The van der Waals surface area contributed by atoms with E-state index in [0.717, 1.165) is 18.4 Å². The molecule has 0 aromatic heterocycles. The van der Waals surface area contributed by atoms with E-state index >= 15 is 0 Å². The van der Waals surface area contributed by atoms with E-state index < -0.39 is 0 Å². The fourth-order valence-corrected chi connectivity index (χ4v) is 3.54. The first kappa shape index (κ1) is 18.4. The predicted molar refractivity (Wildman–Crippen MR) is 91.0 cm³/mol. The zero-order valence-electron chi connectivity index (χ0n) is 13.8. The number of hydrogen-bond acceptors (Lipinski definition) is 2. The van der Waals surface area contributed by atoms with Crippen LogP contribution in [0, 0.1) is 11.3 Å². The molecule has 1 aromatic rings. The summed E-state index contributed by atoms with van der Waals surface area (Å²) in [4.78, 5) is 0. The van der Waals surface area contributed by atoms with Gasteiger partial charge in [0.2, 0.25) is 0 Å². The lowest BCUT2D eigenvalue weighted by Crippen LogP contribution is -2.12. The maximum Gasteiger partial charge on any atom is 0.162 e. The minimum Gasteiger partial charge on any atom is -0.493 e. The van der Waals surface area contributed by atoms with Crippen molar-refractivity contribution in [2.24, 2.45) is 11.3 Å². The van der Waals surface area contributed by atoms with Crippen molar-refractivity contribution in [3.05, 3.63) is 22.7 Å². The Balaban J connectivity index is 2.89. The molecule has 0 aliphatic rings. The van der Waals surface area contributed by atoms with Gasteiger partial charge in [-0.1, -0.05) is 39.3 Å². The van der Waals surface area contributed by atoms with Crippen molar-refractivity contribution in [3.8, 4) is 11.5 Å². The second kappa shape index (κ2) is 7.60. The molecule has 1 rings (SSSR count). The highest BCUT2D eigenvalue weighted by Crippen LogP contribution is 2.41. The van der Waals surface area contributed by atoms with Gasteiger partial charge in [0.15, 0.2) is 11.5 Å². The number of hydrogen-bond donors (Lipinski definition) is 0. The average Bonchev–Trinajstić information content (AvgIpc) is 2.35. The molecular weight excluding hydrogens is 307 g/mol. The number of methoxy groups -OCH3 is 2. The van der Waals surface area contributed by atoms with Crippen LogP contribution in [0.3, 0.4) is 0 Å². The van der Waals surface area contributed by atoms with Gasteiger partial charge in [-0.25, -0.2) is 0 Å². The van der Waals surface area contributed by atoms with Crippen molar-refractivity contribution in [1.82, 2.24) is 0 Å². The van der Waals surface area contributed by atoms with Crippen LogP contribution in [0.15, 0.2) is 12.1 Å². The average molecular weight is 333 g/mol. The second-order valence-electron chi connectivity index (χ2n) is 6.80. The molecule has 0 fully saturated rings. The van der Waals surface area contributed by atoms with E-state index in [2.05, 4.69) is 27.7 Å². The normalized spacial score (nSPS) is 14.7. The molecule has 0 saturated heterocycles. The standard InChI is InChI=1S/C17H26Cl2O2/c1-11(10-17(2,3)4)7-13(18)12-8-15(20-5)16(21-6)9-14(12)19/h8-9,11,13H,7,10H2,1-6H3. The Kier molecular flexibility index (Phi) is 6.68. The maximum absolute atomic E-state index is 6.58. The lowest BCUT2D eigenvalue weighted by Gasteiger charge is -2.25. The smallest absolute Gasteiger partial charge is 0.162 e. The number of ether oxygens (including phenoxy) is 2. The van der Waals surface area contributed by atoms with Gasteiger partial charge in [0.1, 0.15) is 0 Å². The van der Waals surface area contributed by atoms with Gasteiger partial charge in [-0.3, -0.25) is 0 Å². The van der Waals surface area contributed by atoms with Crippen LogP contribution in [-0.2, 0) is 0 Å². The Morgan fingerprint density at radius 2 is 1.62 bits per heavy atom. The second-order valence-corrected chi connectivity index (χ2v) is 7.74. The molecule has 0 aliphatic carbocycles. The highest BCUT2D eigenvalue weighted by molar-refractivity contribution is 6.33. The number of rotatable bonds is 6. The van der Waals surface area contributed by atoms with Gasteiger partial charge in [0.05, 0.1) is 19.6 Å². The molecule has 21 heavy (non-hydrogen) atoms. The van der Waals surface area contributed by atoms with E-state index in [9.17, 15) is 0 Å². The molecule has 0 bridgehead atoms. The fourth-order valence-electron chi connectivity index (χ4n) is 2.72. The Morgan fingerprint density at radius 1 is 1.10 bits per heavy atom. The Morgan fingerprint density at radius 3 is 2.10 bits per heavy atom. The lowest BCUT2D eigenvalue weighted by molar-refractivity contribution is 0.295. The Hall–Kier alpha value is -0.600. The Bertz CT molecular complexity index is 467. The van der Waals surface area contributed by atoms with Crippen LogP contribution in [0.25, 0.3) is 0 Å². The molecule has 2 atom stereocenters. The third-order valence-electron chi connectivity index (χ3n) is 3.41. The van der Waals surface area contributed by atoms with Crippen molar-refractivity contribution in [2.75, 3.05) is 14.2 Å². The van der Waals surface area contributed by atoms with Crippen molar-refractivity contribution in [3.63, 3.8) is 0 Å². The van der Waals surface area contributed by atoms with Crippen molar-refractivity contribution in [1.29, 1.82) is 0 Å². The van der Waals surface area contributed by atoms with Gasteiger partial charge in [0.25, 0.3) is 0 Å². The first-order valence-corrected chi connectivity index (χ1v) is 8.05. The monoisotopic (exact) mass is 332 g/mol. The predicted octanol–water partition coefficient (Wildman–Crippen LogP) is 6.10. The van der Waals surface area contributed by atoms with E-state index in [-0.39, 0.29) is 5.38 Å². The molecule has 2 nitrogen and oxygen atoms in total. The topological polar surface area (TPSA) is 18.5 Å². The highest BCUT2D eigenvalue weighted by atomic mass is 35.5. The lowest BCUT2D eigenvalue weighted by atomic mass is 9.83. The van der Waals surface area contributed by atoms with Gasteiger partial charge < -0.3 is 9.47 Å². The molecule has 0 spiro atoms. The van der Waals surface area contributed by atoms with Crippen molar-refractivity contribution < 1.29 is 9.47 Å². The van der Waals surface area contributed by atoms with E-state index in [1.54, 1.807) is 20.3 Å². The number of alkyl halides is 1. The van der Waals surface area contributed by atoms with Crippen LogP contribution in [0.5, 0.6) is 11.5 Å². The van der Waals surface area contributed by atoms with E-state index in [0.29, 0.717) is 27.9 Å². The van der Waals surface area contributed by atoms with Crippen LogP contribution in [0.4, 0.5) is 0 Å². The van der Waals surface area contributed by atoms with Crippen LogP contribution in [0.2, 0.25) is 5.02 Å². The van der Waals surface area contributed by atoms with Crippen LogP contribution < -0.4 is 9.47 Å². The summed E-state index contributed by atoms with van der Waals surface area (Å²) in [7, 11) is 3.21. The Labute approximate surface area is 138 Å². The third kappa shape index (κ3) is 5.60. The summed E-state index contributed by atoms with van der Waals surface area (Å²) in [6.07, 6.45) is 2.01. The van der Waals surface area contributed by atoms with Crippen molar-refractivity contribution in [2.45, 2.75) is 45.9 Å². The van der Waals surface area contributed by atoms with E-state index in [1.807, 2.05) is 6.07 Å². The van der Waals surface area contributed by atoms with Crippen LogP contribution in [-0.4, -0.2) is 14.2 Å². The molecule has 120 valence electrons. The van der Waals surface area contributed by atoms with E-state index in [1.165, 1.54) is 0 Å². The molecule has 0 amide bonds. The summed E-state index contributed by atoms with van der Waals surface area (Å²) < 4.78 is 10.6. The van der Waals surface area contributed by atoms with Gasteiger partial charge >= 0.3 is 0 Å². The summed E-state index contributed by atoms with van der Waals surface area (Å²) in [6, 6.07) is 3.64. The summed E-state index contributed by atoms with van der Waals surface area (Å²) in [6.45, 7) is 8.97. The molecular formula is C17H26Cl2O2. The van der Waals surface area contributed by atoms with Gasteiger partial charge in [0, 0.05) is 11.1 Å². The first-order chi connectivity index (χ1) is 9.67. The summed E-state index contributed by atoms with van der Waals surface area (Å²) in [5, 5.41) is 0.491. The number of benzene rings is 1. The molecule has 0 aliphatic heterocycles. The molecule has 0 radical (unpaired) electrons. The SMILES string of the molecule is COc1cc(Cl)c(C(Cl)CC(C)CC(C)(C)C)cc1OC. The fraction of sp³-hybridized carbons (Fsp3) is 0.647. The molecule has 0 saturated carbocycles. The van der Waals surface area contributed by atoms with Gasteiger partial charge in [-0.2, -0.15) is 0 Å². The van der Waals surface area contributed by atoms with Gasteiger partial charge in [-0.15, -0.1) is 11.6 Å². The van der Waals surface area contributed by atoms with Crippen LogP contribution in [0.1, 0.15) is 51.5 Å². The largest absolute Gasteiger partial charge is 0.493 e. The molecule has 0 heterocycles. The quantitative estimate of drug-likeness (QED) is 0.586. The summed E-state index contributed by atoms with van der Waals surface area (Å²) in [5.41, 5.74) is 1.20. The zero-order chi connectivity index (χ0) is 16.2. The summed E-state index contributed by atoms with van der Waals surface area (Å²) >= 11 is 12.9. The van der Waals surface area contributed by atoms with E-state index in [4.69, 9.17) is 32.7 Å². The van der Waals surface area contributed by atoms with Crippen LogP contribution >= 0.6 is 23.2 Å². The number of halogens is 2. The summed E-state index contributed by atoms with van der Waals surface area (Å²) in [5.74, 6) is 1.81.